The van der Waals surface area contributed by atoms with Gasteiger partial charge in [0.2, 0.25) is 0 Å². The molecule has 1 aromatic rings. The summed E-state index contributed by atoms with van der Waals surface area (Å²) in [4.78, 5) is 36.7. The van der Waals surface area contributed by atoms with Gasteiger partial charge in [-0.15, -0.1) is 0 Å². The number of carbonyl (C=O) groups excluding carboxylic acids is 1. The van der Waals surface area contributed by atoms with Gasteiger partial charge in [0.1, 0.15) is 5.10 Å². The van der Waals surface area contributed by atoms with Crippen LogP contribution < -0.4 is 0 Å². The van der Waals surface area contributed by atoms with Gasteiger partial charge in [-0.2, -0.15) is 0 Å². The number of nitro benzene ring substituents is 1. The Balaban J connectivity index is 1.79. The third-order valence-corrected chi connectivity index (χ3v) is 4.36. The normalized spacial score (nSPS) is 21.4. The van der Waals surface area contributed by atoms with E-state index in [1.807, 2.05) is 0 Å². The van der Waals surface area contributed by atoms with Crippen molar-refractivity contribution in [1.82, 2.24) is 9.80 Å². The quantitative estimate of drug-likeness (QED) is 0.561. The van der Waals surface area contributed by atoms with Crippen LogP contribution in [0.1, 0.15) is 16.8 Å². The first kappa shape index (κ1) is 17.7. The Labute approximate surface area is 148 Å². The number of hydrazone groups is 1. The fourth-order valence-electron chi connectivity index (χ4n) is 3.07. The number of non-ortho nitro benzene ring substituents is 1. The molecule has 2 aliphatic heterocycles. The second kappa shape index (κ2) is 7.44. The van der Waals surface area contributed by atoms with E-state index < -0.39 is 15.9 Å². The summed E-state index contributed by atoms with van der Waals surface area (Å²) in [5.74, 6) is -0.252. The second-order valence-corrected chi connectivity index (χ2v) is 6.07. The first-order chi connectivity index (χ1) is 12.5. The first-order valence-corrected chi connectivity index (χ1v) is 8.07. The highest BCUT2D eigenvalue weighted by Gasteiger charge is 2.36. The van der Waals surface area contributed by atoms with Crippen molar-refractivity contribution in [2.45, 2.75) is 6.42 Å². The molecule has 2 saturated heterocycles. The summed E-state index contributed by atoms with van der Waals surface area (Å²) in [5.41, 5.74) is 0.0720. The van der Waals surface area contributed by atoms with Crippen LogP contribution in [0.25, 0.3) is 0 Å². The molecule has 0 aromatic heterocycles. The Bertz CT molecular complexity index is 743. The van der Waals surface area contributed by atoms with E-state index >= 15 is 0 Å². The Kier molecular flexibility index (Phi) is 5.07. The van der Waals surface area contributed by atoms with Gasteiger partial charge in [0.05, 0.1) is 11.5 Å². The molecule has 138 valence electrons. The number of ether oxygens (including phenoxy) is 1. The first-order valence-electron chi connectivity index (χ1n) is 8.07. The largest absolute Gasteiger partial charge is 0.381 e. The average molecular weight is 363 g/mol. The van der Waals surface area contributed by atoms with Crippen LogP contribution in [-0.2, 0) is 4.74 Å². The van der Waals surface area contributed by atoms with Gasteiger partial charge in [-0.3, -0.25) is 19.8 Å². The monoisotopic (exact) mass is 363 g/mol. The maximum Gasteiger partial charge on any atom is 0.281 e. The Morgan fingerprint density at radius 3 is 2.54 bits per heavy atom. The second-order valence-electron chi connectivity index (χ2n) is 6.07. The summed E-state index contributed by atoms with van der Waals surface area (Å²) in [6.07, 6.45) is 0.860. The van der Waals surface area contributed by atoms with E-state index in [9.17, 15) is 25.0 Å². The van der Waals surface area contributed by atoms with Crippen LogP contribution in [-0.4, -0.2) is 64.5 Å². The van der Waals surface area contributed by atoms with E-state index in [-0.39, 0.29) is 29.7 Å². The van der Waals surface area contributed by atoms with E-state index in [1.54, 1.807) is 4.90 Å². The van der Waals surface area contributed by atoms with Crippen LogP contribution in [0.3, 0.4) is 0 Å². The van der Waals surface area contributed by atoms with Crippen LogP contribution in [0.2, 0.25) is 0 Å². The molecule has 2 heterocycles. The standard InChI is InChI=1S/C15H17N5O6/c21-14(12-1-3-13(4-2-12)19(22)23)18-7-6-17(15(18)16-20(24)25)9-11-5-8-26-10-11/h1-4,11H,5-10H2. The maximum absolute atomic E-state index is 12.7. The predicted molar refractivity (Wildman–Crippen MR) is 89.1 cm³/mol. The molecule has 2 fully saturated rings. The van der Waals surface area contributed by atoms with Gasteiger partial charge in [0.25, 0.3) is 17.6 Å². The lowest BCUT2D eigenvalue weighted by molar-refractivity contribution is -0.486. The molecule has 0 aliphatic carbocycles. The highest BCUT2D eigenvalue weighted by atomic mass is 16.7. The summed E-state index contributed by atoms with van der Waals surface area (Å²) < 4.78 is 5.32. The lowest BCUT2D eigenvalue weighted by atomic mass is 10.1. The summed E-state index contributed by atoms with van der Waals surface area (Å²) in [5, 5.41) is 24.2. The predicted octanol–water partition coefficient (Wildman–Crippen LogP) is 0.937. The van der Waals surface area contributed by atoms with Crippen LogP contribution in [0.5, 0.6) is 0 Å². The van der Waals surface area contributed by atoms with Crippen LogP contribution >= 0.6 is 0 Å². The van der Waals surface area contributed by atoms with Crippen molar-refractivity contribution in [2.24, 2.45) is 11.0 Å². The lowest BCUT2D eigenvalue weighted by Gasteiger charge is -2.21. The van der Waals surface area contributed by atoms with E-state index in [1.165, 1.54) is 29.2 Å². The third-order valence-electron chi connectivity index (χ3n) is 4.36. The van der Waals surface area contributed by atoms with Gasteiger partial charge in [-0.25, -0.2) is 10.1 Å². The summed E-state index contributed by atoms with van der Waals surface area (Å²) in [6.45, 7) is 2.46. The van der Waals surface area contributed by atoms with Gasteiger partial charge in [0.15, 0.2) is 5.03 Å². The molecular weight excluding hydrogens is 346 g/mol. The minimum atomic E-state index is -0.824. The van der Waals surface area contributed by atoms with E-state index in [0.29, 0.717) is 26.3 Å². The number of nitro groups is 2. The smallest absolute Gasteiger partial charge is 0.281 e. The van der Waals surface area contributed by atoms with Crippen LogP contribution in [0.4, 0.5) is 5.69 Å². The Morgan fingerprint density at radius 1 is 1.23 bits per heavy atom. The zero-order valence-electron chi connectivity index (χ0n) is 13.8. The fraction of sp³-hybridized carbons (Fsp3) is 0.467. The van der Waals surface area contributed by atoms with Crippen molar-refractivity contribution in [1.29, 1.82) is 0 Å². The molecular formula is C15H17N5O6. The van der Waals surface area contributed by atoms with Crippen LogP contribution in [0, 0.1) is 26.1 Å². The van der Waals surface area contributed by atoms with Gasteiger partial charge in [-0.05, 0) is 18.6 Å². The van der Waals surface area contributed by atoms with Crippen molar-refractivity contribution in [3.8, 4) is 0 Å². The zero-order chi connectivity index (χ0) is 18.7. The molecule has 0 bridgehead atoms. The topological polar surface area (TPSA) is 131 Å². The molecule has 0 saturated carbocycles. The van der Waals surface area contributed by atoms with E-state index in [4.69, 9.17) is 4.74 Å². The molecule has 0 spiro atoms. The molecule has 11 heteroatoms. The number of guanidine groups is 1. The van der Waals surface area contributed by atoms with Crippen molar-refractivity contribution in [2.75, 3.05) is 32.8 Å². The van der Waals surface area contributed by atoms with Crippen molar-refractivity contribution >= 4 is 17.6 Å². The highest BCUT2D eigenvalue weighted by Crippen LogP contribution is 2.20. The molecule has 0 N–H and O–H groups in total. The minimum Gasteiger partial charge on any atom is -0.381 e. The number of carbonyl (C=O) groups is 1. The van der Waals surface area contributed by atoms with Crippen molar-refractivity contribution < 1.29 is 19.5 Å². The number of rotatable bonds is 5. The molecule has 2 aliphatic rings. The van der Waals surface area contributed by atoms with Gasteiger partial charge >= 0.3 is 0 Å². The number of nitrogens with zero attached hydrogens (tertiary/aromatic N) is 5. The van der Waals surface area contributed by atoms with E-state index in [0.717, 1.165) is 6.42 Å². The molecule has 1 amide bonds. The molecule has 11 nitrogen and oxygen atoms in total. The zero-order valence-corrected chi connectivity index (χ0v) is 13.8. The summed E-state index contributed by atoms with van der Waals surface area (Å²) in [6, 6.07) is 5.11. The highest BCUT2D eigenvalue weighted by molar-refractivity contribution is 6.06. The molecule has 26 heavy (non-hydrogen) atoms. The molecule has 1 unspecified atom stereocenters. The third kappa shape index (κ3) is 3.77. The Morgan fingerprint density at radius 2 is 1.96 bits per heavy atom. The van der Waals surface area contributed by atoms with Crippen molar-refractivity contribution in [3.05, 3.63) is 50.1 Å². The fourth-order valence-corrected chi connectivity index (χ4v) is 3.07. The van der Waals surface area contributed by atoms with Gasteiger partial charge in [-0.1, -0.05) is 0 Å². The number of amides is 1. The SMILES string of the molecule is O=C(c1ccc([N+](=O)[O-])cc1)N1CCN(CC2CCOC2)C1=N[N+](=O)[O-]. The number of hydrogen-bond acceptors (Lipinski definition) is 6. The molecule has 0 radical (unpaired) electrons. The Hall–Kier alpha value is -3.08. The lowest BCUT2D eigenvalue weighted by Crippen LogP contribution is -2.40. The van der Waals surface area contributed by atoms with E-state index in [2.05, 4.69) is 5.10 Å². The summed E-state index contributed by atoms with van der Waals surface area (Å²) in [7, 11) is 0. The minimum absolute atomic E-state index is 0.00903. The molecule has 1 atom stereocenters. The maximum atomic E-state index is 12.7. The molecule has 3 rings (SSSR count). The summed E-state index contributed by atoms with van der Waals surface area (Å²) >= 11 is 0. The van der Waals surface area contributed by atoms with Gasteiger partial charge < -0.3 is 9.64 Å². The van der Waals surface area contributed by atoms with Crippen molar-refractivity contribution in [3.63, 3.8) is 0 Å². The average Bonchev–Trinajstić information content (AvgIpc) is 3.25. The number of benzene rings is 1. The van der Waals surface area contributed by atoms with Gasteiger partial charge in [0, 0.05) is 49.9 Å². The van der Waals surface area contributed by atoms with Crippen LogP contribution in [0.15, 0.2) is 29.4 Å². The number of hydrogen-bond donors (Lipinski definition) is 0. The molecule has 1 aromatic carbocycles.